The first-order valence-corrected chi connectivity index (χ1v) is 5.39. The highest BCUT2D eigenvalue weighted by Gasteiger charge is 2.25. The second kappa shape index (κ2) is 6.62. The average Bonchev–Trinajstić information content (AvgIpc) is 2.34. The molecule has 0 bridgehead atoms. The predicted octanol–water partition coefficient (Wildman–Crippen LogP) is 1.64. The van der Waals surface area contributed by atoms with E-state index >= 15 is 0 Å². The van der Waals surface area contributed by atoms with Crippen LogP contribution >= 0.6 is 0 Å². The van der Waals surface area contributed by atoms with Crippen molar-refractivity contribution in [1.82, 2.24) is 4.98 Å². The minimum atomic E-state index is -1.03. The van der Waals surface area contributed by atoms with Crippen LogP contribution in [0.5, 0.6) is 0 Å². The van der Waals surface area contributed by atoms with Crippen LogP contribution in [0, 0.1) is 0 Å². The van der Waals surface area contributed by atoms with Crippen molar-refractivity contribution in [3.63, 3.8) is 0 Å². The van der Waals surface area contributed by atoms with Gasteiger partial charge in [0, 0.05) is 24.9 Å². The Balaban J connectivity index is 2.80. The van der Waals surface area contributed by atoms with E-state index in [0.29, 0.717) is 18.6 Å². The average molecular weight is 237 g/mol. The Kier molecular flexibility index (Phi) is 5.13. The lowest BCUT2D eigenvalue weighted by Gasteiger charge is -2.15. The molecule has 0 N–H and O–H groups in total. The molecule has 0 saturated heterocycles. The zero-order chi connectivity index (χ0) is 12.7. The highest BCUT2D eigenvalue weighted by Crippen LogP contribution is 2.18. The molecule has 0 aliphatic carbocycles. The Hall–Kier alpha value is -1.91. The summed E-state index contributed by atoms with van der Waals surface area (Å²) in [5.41, 5.74) is 0.504. The standard InChI is InChI=1S/C12H15NO4/c1-3-7-16-12(15)11(17-9(2)14)10-5-4-6-13-8-10/h4-6,8,11H,3,7H2,1-2H3. The third kappa shape index (κ3) is 4.22. The Bertz CT molecular complexity index is 377. The molecule has 0 spiro atoms. The molecule has 17 heavy (non-hydrogen) atoms. The van der Waals surface area contributed by atoms with Gasteiger partial charge < -0.3 is 9.47 Å². The Morgan fingerprint density at radius 2 is 2.24 bits per heavy atom. The Morgan fingerprint density at radius 1 is 1.47 bits per heavy atom. The summed E-state index contributed by atoms with van der Waals surface area (Å²) in [6.45, 7) is 3.44. The molecule has 0 fully saturated rings. The lowest BCUT2D eigenvalue weighted by molar-refractivity contribution is -0.167. The van der Waals surface area contributed by atoms with Gasteiger partial charge in [-0.2, -0.15) is 0 Å². The molecule has 1 rings (SSSR count). The van der Waals surface area contributed by atoms with E-state index in [2.05, 4.69) is 4.98 Å². The molecule has 1 aromatic rings. The van der Waals surface area contributed by atoms with Crippen LogP contribution in [0.3, 0.4) is 0 Å². The quantitative estimate of drug-likeness (QED) is 0.728. The fourth-order valence-corrected chi connectivity index (χ4v) is 1.23. The number of hydrogen-bond donors (Lipinski definition) is 0. The first kappa shape index (κ1) is 13.2. The summed E-state index contributed by atoms with van der Waals surface area (Å²) in [6.07, 6.45) is 2.73. The van der Waals surface area contributed by atoms with E-state index in [1.165, 1.54) is 13.1 Å². The zero-order valence-corrected chi connectivity index (χ0v) is 9.88. The maximum atomic E-state index is 11.7. The van der Waals surface area contributed by atoms with Gasteiger partial charge in [0.15, 0.2) is 0 Å². The number of esters is 2. The monoisotopic (exact) mass is 237 g/mol. The van der Waals surface area contributed by atoms with Gasteiger partial charge in [-0.05, 0) is 12.5 Å². The minimum Gasteiger partial charge on any atom is -0.463 e. The molecule has 1 aromatic heterocycles. The van der Waals surface area contributed by atoms with Crippen molar-refractivity contribution in [3.8, 4) is 0 Å². The maximum absolute atomic E-state index is 11.7. The van der Waals surface area contributed by atoms with Crippen molar-refractivity contribution < 1.29 is 19.1 Å². The predicted molar refractivity (Wildman–Crippen MR) is 60.0 cm³/mol. The van der Waals surface area contributed by atoms with Gasteiger partial charge in [0.05, 0.1) is 6.61 Å². The number of carbonyl (C=O) groups is 2. The van der Waals surface area contributed by atoms with E-state index in [4.69, 9.17) is 9.47 Å². The molecule has 92 valence electrons. The van der Waals surface area contributed by atoms with E-state index in [-0.39, 0.29) is 0 Å². The molecule has 0 radical (unpaired) electrons. The van der Waals surface area contributed by atoms with E-state index in [9.17, 15) is 9.59 Å². The Labute approximate surface area is 99.8 Å². The third-order valence-corrected chi connectivity index (χ3v) is 1.93. The molecule has 0 aliphatic rings. The van der Waals surface area contributed by atoms with Crippen molar-refractivity contribution in [3.05, 3.63) is 30.1 Å². The van der Waals surface area contributed by atoms with Crippen molar-refractivity contribution in [1.29, 1.82) is 0 Å². The molecule has 1 atom stereocenters. The van der Waals surface area contributed by atoms with Gasteiger partial charge in [-0.25, -0.2) is 4.79 Å². The van der Waals surface area contributed by atoms with Crippen LogP contribution in [0.15, 0.2) is 24.5 Å². The topological polar surface area (TPSA) is 65.5 Å². The van der Waals surface area contributed by atoms with Gasteiger partial charge in [-0.1, -0.05) is 13.0 Å². The van der Waals surface area contributed by atoms with Crippen LogP contribution in [0.2, 0.25) is 0 Å². The summed E-state index contributed by atoms with van der Waals surface area (Å²) in [7, 11) is 0. The first-order chi connectivity index (χ1) is 8.15. The van der Waals surface area contributed by atoms with Crippen LogP contribution < -0.4 is 0 Å². The lowest BCUT2D eigenvalue weighted by atomic mass is 10.1. The van der Waals surface area contributed by atoms with Gasteiger partial charge in [-0.15, -0.1) is 0 Å². The van der Waals surface area contributed by atoms with Crippen molar-refractivity contribution in [2.45, 2.75) is 26.4 Å². The number of aromatic nitrogens is 1. The maximum Gasteiger partial charge on any atom is 0.352 e. The molecule has 5 nitrogen and oxygen atoms in total. The zero-order valence-electron chi connectivity index (χ0n) is 9.88. The fraction of sp³-hybridized carbons (Fsp3) is 0.417. The summed E-state index contributed by atoms with van der Waals surface area (Å²) < 4.78 is 9.91. The molecule has 1 unspecified atom stereocenters. The molecule has 0 saturated carbocycles. The minimum absolute atomic E-state index is 0.302. The first-order valence-electron chi connectivity index (χ1n) is 5.39. The fourth-order valence-electron chi connectivity index (χ4n) is 1.23. The van der Waals surface area contributed by atoms with E-state index in [1.807, 2.05) is 6.92 Å². The number of rotatable bonds is 5. The smallest absolute Gasteiger partial charge is 0.352 e. The number of nitrogens with zero attached hydrogens (tertiary/aromatic N) is 1. The summed E-state index contributed by atoms with van der Waals surface area (Å²) in [5.74, 6) is -1.11. The number of ether oxygens (including phenoxy) is 2. The van der Waals surface area contributed by atoms with Crippen molar-refractivity contribution >= 4 is 11.9 Å². The van der Waals surface area contributed by atoms with Gasteiger partial charge in [0.2, 0.25) is 6.10 Å². The highest BCUT2D eigenvalue weighted by atomic mass is 16.6. The van der Waals surface area contributed by atoms with Crippen LogP contribution in [0.25, 0.3) is 0 Å². The molecule has 5 heteroatoms. The third-order valence-electron chi connectivity index (χ3n) is 1.93. The second-order valence-corrected chi connectivity index (χ2v) is 3.44. The normalized spacial score (nSPS) is 11.6. The summed E-state index contributed by atoms with van der Waals surface area (Å²) in [5, 5.41) is 0. The van der Waals surface area contributed by atoms with Gasteiger partial charge in [-0.3, -0.25) is 9.78 Å². The van der Waals surface area contributed by atoms with E-state index in [1.54, 1.807) is 18.3 Å². The van der Waals surface area contributed by atoms with Gasteiger partial charge >= 0.3 is 11.9 Å². The van der Waals surface area contributed by atoms with Gasteiger partial charge in [0.25, 0.3) is 0 Å². The molecular weight excluding hydrogens is 222 g/mol. The Morgan fingerprint density at radius 3 is 2.76 bits per heavy atom. The number of carbonyl (C=O) groups excluding carboxylic acids is 2. The molecular formula is C12H15NO4. The van der Waals surface area contributed by atoms with Crippen LogP contribution in [-0.2, 0) is 19.1 Å². The summed E-state index contributed by atoms with van der Waals surface area (Å²) in [6, 6.07) is 3.33. The van der Waals surface area contributed by atoms with Crippen LogP contribution in [-0.4, -0.2) is 23.5 Å². The van der Waals surface area contributed by atoms with Crippen LogP contribution in [0.1, 0.15) is 31.9 Å². The number of pyridine rings is 1. The van der Waals surface area contributed by atoms with Crippen LogP contribution in [0.4, 0.5) is 0 Å². The van der Waals surface area contributed by atoms with Gasteiger partial charge in [0.1, 0.15) is 0 Å². The SMILES string of the molecule is CCCOC(=O)C(OC(C)=O)c1cccnc1. The highest BCUT2D eigenvalue weighted by molar-refractivity contribution is 5.79. The second-order valence-electron chi connectivity index (χ2n) is 3.44. The summed E-state index contributed by atoms with van der Waals surface area (Å²) in [4.78, 5) is 26.5. The molecule has 0 aliphatic heterocycles. The summed E-state index contributed by atoms with van der Waals surface area (Å²) >= 11 is 0. The number of hydrogen-bond acceptors (Lipinski definition) is 5. The largest absolute Gasteiger partial charge is 0.463 e. The molecule has 1 heterocycles. The van der Waals surface area contributed by atoms with E-state index in [0.717, 1.165) is 0 Å². The van der Waals surface area contributed by atoms with Crippen molar-refractivity contribution in [2.24, 2.45) is 0 Å². The molecule has 0 amide bonds. The van der Waals surface area contributed by atoms with E-state index < -0.39 is 18.0 Å². The molecule has 0 aromatic carbocycles. The van der Waals surface area contributed by atoms with Crippen molar-refractivity contribution in [2.75, 3.05) is 6.61 Å². The lowest BCUT2D eigenvalue weighted by Crippen LogP contribution is -2.21.